The van der Waals surface area contributed by atoms with E-state index in [1.165, 1.54) is 22.3 Å². The van der Waals surface area contributed by atoms with Crippen molar-refractivity contribution in [1.29, 1.82) is 0 Å². The Labute approximate surface area is 103 Å². The number of benzene rings is 2. The Balaban J connectivity index is 2.23. The minimum absolute atomic E-state index is 0.800. The fraction of sp³-hybridized carbons (Fsp3) is 0.125. The topological polar surface area (TPSA) is 26.0 Å². The van der Waals surface area contributed by atoms with E-state index < -0.39 is 0 Å². The van der Waals surface area contributed by atoms with Crippen LogP contribution in [0.2, 0.25) is 0 Å². The van der Waals surface area contributed by atoms with Gasteiger partial charge in [-0.05, 0) is 42.7 Å². The van der Waals surface area contributed by atoms with Crippen LogP contribution in [0, 0.1) is 13.8 Å². The molecule has 0 heterocycles. The van der Waals surface area contributed by atoms with Crippen LogP contribution in [0.1, 0.15) is 22.3 Å². The molecule has 2 aromatic carbocycles. The minimum atomic E-state index is 0.800. The number of nitrogens with two attached hydrogens (primary N) is 1. The van der Waals surface area contributed by atoms with Crippen LogP contribution in [-0.2, 0) is 0 Å². The number of hydrogen-bond acceptors (Lipinski definition) is 1. The van der Waals surface area contributed by atoms with Gasteiger partial charge in [-0.25, -0.2) is 0 Å². The van der Waals surface area contributed by atoms with Crippen LogP contribution in [0.15, 0.2) is 42.5 Å². The van der Waals surface area contributed by atoms with Crippen molar-refractivity contribution in [3.8, 4) is 0 Å². The lowest BCUT2D eigenvalue weighted by Crippen LogP contribution is -1.83. The molecule has 0 aliphatic carbocycles. The van der Waals surface area contributed by atoms with Crippen molar-refractivity contribution in [1.82, 2.24) is 0 Å². The predicted octanol–water partition coefficient (Wildman–Crippen LogP) is 4.06. The molecule has 0 saturated heterocycles. The number of anilines is 1. The summed E-state index contributed by atoms with van der Waals surface area (Å²) < 4.78 is 0. The molecule has 0 aromatic heterocycles. The summed E-state index contributed by atoms with van der Waals surface area (Å²) in [6.07, 6.45) is 4.25. The van der Waals surface area contributed by atoms with E-state index in [9.17, 15) is 0 Å². The van der Waals surface area contributed by atoms with Gasteiger partial charge in [0, 0.05) is 5.69 Å². The van der Waals surface area contributed by atoms with Gasteiger partial charge in [-0.3, -0.25) is 0 Å². The van der Waals surface area contributed by atoms with Crippen molar-refractivity contribution in [2.24, 2.45) is 0 Å². The van der Waals surface area contributed by atoms with E-state index in [2.05, 4.69) is 44.2 Å². The van der Waals surface area contributed by atoms with Crippen molar-refractivity contribution in [3.05, 3.63) is 64.7 Å². The maximum absolute atomic E-state index is 5.65. The summed E-state index contributed by atoms with van der Waals surface area (Å²) in [5, 5.41) is 0. The molecule has 0 fully saturated rings. The summed E-state index contributed by atoms with van der Waals surface area (Å²) in [7, 11) is 0. The quantitative estimate of drug-likeness (QED) is 0.603. The average Bonchev–Trinajstić information content (AvgIpc) is 2.30. The average molecular weight is 223 g/mol. The lowest BCUT2D eigenvalue weighted by atomic mass is 10.0. The van der Waals surface area contributed by atoms with Gasteiger partial charge in [-0.1, -0.05) is 48.0 Å². The lowest BCUT2D eigenvalue weighted by Gasteiger charge is -2.01. The van der Waals surface area contributed by atoms with Gasteiger partial charge in [-0.2, -0.15) is 0 Å². The standard InChI is InChI=1S/C16H17N/c1-12-3-7-15(13(2)11-12)8-4-14-5-9-16(17)10-6-14/h3-11H,17H2,1-2H3/b8-4+. The highest BCUT2D eigenvalue weighted by Gasteiger charge is 1.94. The largest absolute Gasteiger partial charge is 0.399 e. The molecule has 2 rings (SSSR count). The van der Waals surface area contributed by atoms with Crippen molar-refractivity contribution in [2.75, 3.05) is 5.73 Å². The van der Waals surface area contributed by atoms with Crippen LogP contribution in [0.5, 0.6) is 0 Å². The molecule has 17 heavy (non-hydrogen) atoms. The first-order chi connectivity index (χ1) is 8.15. The zero-order valence-corrected chi connectivity index (χ0v) is 10.3. The van der Waals surface area contributed by atoms with Crippen molar-refractivity contribution in [3.63, 3.8) is 0 Å². The number of aryl methyl sites for hydroxylation is 2. The third-order valence-corrected chi connectivity index (χ3v) is 2.82. The van der Waals surface area contributed by atoms with Crippen LogP contribution < -0.4 is 5.73 Å². The Hall–Kier alpha value is -2.02. The van der Waals surface area contributed by atoms with E-state index in [0.717, 1.165) is 5.69 Å². The highest BCUT2D eigenvalue weighted by molar-refractivity contribution is 5.71. The SMILES string of the molecule is Cc1ccc(/C=C/c2ccc(N)cc2)c(C)c1. The van der Waals surface area contributed by atoms with Crippen molar-refractivity contribution >= 4 is 17.8 Å². The van der Waals surface area contributed by atoms with E-state index >= 15 is 0 Å². The van der Waals surface area contributed by atoms with Crippen molar-refractivity contribution < 1.29 is 0 Å². The highest BCUT2D eigenvalue weighted by Crippen LogP contribution is 2.15. The third kappa shape index (κ3) is 2.97. The molecule has 1 heteroatoms. The molecule has 0 aliphatic heterocycles. The van der Waals surface area contributed by atoms with Crippen LogP contribution in [0.3, 0.4) is 0 Å². The highest BCUT2D eigenvalue weighted by atomic mass is 14.5. The summed E-state index contributed by atoms with van der Waals surface area (Å²) in [5.74, 6) is 0. The second kappa shape index (κ2) is 4.88. The summed E-state index contributed by atoms with van der Waals surface area (Å²) in [5.41, 5.74) is 11.5. The minimum Gasteiger partial charge on any atom is -0.399 e. The Morgan fingerprint density at radius 3 is 2.24 bits per heavy atom. The fourth-order valence-corrected chi connectivity index (χ4v) is 1.81. The van der Waals surface area contributed by atoms with Gasteiger partial charge in [0.2, 0.25) is 0 Å². The molecule has 86 valence electrons. The second-order valence-electron chi connectivity index (χ2n) is 4.36. The third-order valence-electron chi connectivity index (χ3n) is 2.82. The van der Waals surface area contributed by atoms with Gasteiger partial charge >= 0.3 is 0 Å². The van der Waals surface area contributed by atoms with E-state index in [1.54, 1.807) is 0 Å². The molecule has 0 atom stereocenters. The monoisotopic (exact) mass is 223 g/mol. The Morgan fingerprint density at radius 2 is 1.59 bits per heavy atom. The predicted molar refractivity (Wildman–Crippen MR) is 75.7 cm³/mol. The van der Waals surface area contributed by atoms with Gasteiger partial charge < -0.3 is 5.73 Å². The lowest BCUT2D eigenvalue weighted by molar-refractivity contribution is 1.37. The molecular formula is C16H17N. The summed E-state index contributed by atoms with van der Waals surface area (Å²) in [6, 6.07) is 14.4. The van der Waals surface area contributed by atoms with E-state index in [-0.39, 0.29) is 0 Å². The molecule has 0 bridgehead atoms. The molecule has 0 amide bonds. The Morgan fingerprint density at radius 1 is 0.882 bits per heavy atom. The maximum atomic E-state index is 5.65. The first-order valence-electron chi connectivity index (χ1n) is 5.76. The molecule has 2 aromatic rings. The summed E-state index contributed by atoms with van der Waals surface area (Å²) >= 11 is 0. The van der Waals surface area contributed by atoms with Crippen LogP contribution >= 0.6 is 0 Å². The Bertz CT molecular complexity index is 536. The number of nitrogen functional groups attached to an aromatic ring is 1. The molecule has 2 N–H and O–H groups in total. The normalized spacial score (nSPS) is 10.9. The molecule has 1 nitrogen and oxygen atoms in total. The number of hydrogen-bond donors (Lipinski definition) is 1. The summed E-state index contributed by atoms with van der Waals surface area (Å²) in [6.45, 7) is 4.25. The molecular weight excluding hydrogens is 206 g/mol. The van der Waals surface area contributed by atoms with Crippen molar-refractivity contribution in [2.45, 2.75) is 13.8 Å². The first-order valence-corrected chi connectivity index (χ1v) is 5.76. The van der Waals surface area contributed by atoms with Crippen LogP contribution in [0.25, 0.3) is 12.2 Å². The van der Waals surface area contributed by atoms with E-state index in [4.69, 9.17) is 5.73 Å². The maximum Gasteiger partial charge on any atom is 0.0314 e. The molecule has 0 radical (unpaired) electrons. The smallest absolute Gasteiger partial charge is 0.0314 e. The zero-order chi connectivity index (χ0) is 12.3. The zero-order valence-electron chi connectivity index (χ0n) is 10.3. The van der Waals surface area contributed by atoms with Gasteiger partial charge in [0.15, 0.2) is 0 Å². The van der Waals surface area contributed by atoms with E-state index in [0.29, 0.717) is 0 Å². The Kier molecular flexibility index (Phi) is 3.29. The molecule has 0 saturated carbocycles. The molecule has 0 spiro atoms. The number of rotatable bonds is 2. The van der Waals surface area contributed by atoms with Gasteiger partial charge in [-0.15, -0.1) is 0 Å². The van der Waals surface area contributed by atoms with Crippen LogP contribution in [-0.4, -0.2) is 0 Å². The second-order valence-corrected chi connectivity index (χ2v) is 4.36. The van der Waals surface area contributed by atoms with Gasteiger partial charge in [0.1, 0.15) is 0 Å². The molecule has 0 unspecified atom stereocenters. The fourth-order valence-electron chi connectivity index (χ4n) is 1.81. The van der Waals surface area contributed by atoms with Crippen LogP contribution in [0.4, 0.5) is 5.69 Å². The summed E-state index contributed by atoms with van der Waals surface area (Å²) in [4.78, 5) is 0. The van der Waals surface area contributed by atoms with Gasteiger partial charge in [0.05, 0.1) is 0 Å². The molecule has 0 aliphatic rings. The first kappa shape index (κ1) is 11.5. The van der Waals surface area contributed by atoms with E-state index in [1.807, 2.05) is 24.3 Å². The van der Waals surface area contributed by atoms with Gasteiger partial charge in [0.25, 0.3) is 0 Å².